The number of thiazole rings is 1. The molecule has 0 saturated heterocycles. The summed E-state index contributed by atoms with van der Waals surface area (Å²) in [6.07, 6.45) is 6.42. The number of ether oxygens (including phenoxy) is 1. The molecule has 4 aromatic rings. The topological polar surface area (TPSA) is 74.4 Å². The number of phenols is 1. The van der Waals surface area contributed by atoms with Gasteiger partial charge in [-0.05, 0) is 66.7 Å². The van der Waals surface area contributed by atoms with Gasteiger partial charge in [0, 0.05) is 6.61 Å². The normalized spacial score (nSPS) is 11.5. The van der Waals surface area contributed by atoms with Crippen LogP contribution in [0.1, 0.15) is 36.8 Å². The fraction of sp³-hybridized carbons (Fsp3) is 0.370. The first kappa shape index (κ1) is 23.5. The van der Waals surface area contributed by atoms with Crippen LogP contribution >= 0.6 is 11.3 Å². The highest BCUT2D eigenvalue weighted by Crippen LogP contribution is 2.28. The summed E-state index contributed by atoms with van der Waals surface area (Å²) >= 11 is 1.06. The molecule has 0 unspecified atom stereocenters. The summed E-state index contributed by atoms with van der Waals surface area (Å²) in [7, 11) is 0. The van der Waals surface area contributed by atoms with E-state index in [1.54, 1.807) is 6.07 Å². The Morgan fingerprint density at radius 2 is 1.70 bits per heavy atom. The molecule has 3 N–H and O–H groups in total. The van der Waals surface area contributed by atoms with E-state index in [9.17, 15) is 9.90 Å². The van der Waals surface area contributed by atoms with Crippen molar-refractivity contribution in [1.82, 2.24) is 10.3 Å². The maximum Gasteiger partial charge on any atom is 0.305 e. The van der Waals surface area contributed by atoms with E-state index >= 15 is 0 Å². The largest absolute Gasteiger partial charge is 0.506 e. The number of fused-ring (bicyclic) bond motifs is 2. The van der Waals surface area contributed by atoms with Gasteiger partial charge in [-0.15, -0.1) is 0 Å². The van der Waals surface area contributed by atoms with Crippen molar-refractivity contribution in [1.29, 1.82) is 0 Å². The highest BCUT2D eigenvalue weighted by atomic mass is 32.1. The van der Waals surface area contributed by atoms with E-state index in [0.717, 1.165) is 74.4 Å². The van der Waals surface area contributed by atoms with Crippen molar-refractivity contribution in [2.75, 3.05) is 26.3 Å². The van der Waals surface area contributed by atoms with E-state index < -0.39 is 0 Å². The summed E-state index contributed by atoms with van der Waals surface area (Å²) in [6, 6.07) is 18.6. The monoisotopic (exact) mass is 464 g/mol. The van der Waals surface area contributed by atoms with Crippen molar-refractivity contribution in [3.05, 3.63) is 75.4 Å². The number of hydrogen-bond donors (Lipinski definition) is 3. The lowest BCUT2D eigenvalue weighted by molar-refractivity contribution is 0.133. The lowest BCUT2D eigenvalue weighted by Gasteiger charge is -2.08. The van der Waals surface area contributed by atoms with Crippen LogP contribution in [0, 0.1) is 0 Å². The molecule has 0 aliphatic rings. The molecule has 174 valence electrons. The van der Waals surface area contributed by atoms with Crippen LogP contribution < -0.4 is 10.2 Å². The van der Waals surface area contributed by atoms with Crippen molar-refractivity contribution >= 4 is 32.3 Å². The van der Waals surface area contributed by atoms with Gasteiger partial charge in [0.15, 0.2) is 0 Å². The van der Waals surface area contributed by atoms with E-state index in [1.165, 1.54) is 29.2 Å². The SMILES string of the molecule is O=c1[nH]c2c(CCNCCCCCCOCCc3cccc4ccccc34)ccc(O)c2s1. The Balaban J connectivity index is 1.03. The van der Waals surface area contributed by atoms with E-state index in [2.05, 4.69) is 52.8 Å². The molecule has 0 radical (unpaired) electrons. The summed E-state index contributed by atoms with van der Waals surface area (Å²) in [4.78, 5) is 14.3. The number of nitrogens with one attached hydrogen (secondary N) is 2. The van der Waals surface area contributed by atoms with Gasteiger partial charge in [0.25, 0.3) is 0 Å². The van der Waals surface area contributed by atoms with Gasteiger partial charge in [-0.1, -0.05) is 72.7 Å². The number of aromatic hydroxyl groups is 1. The van der Waals surface area contributed by atoms with Gasteiger partial charge in [-0.25, -0.2) is 0 Å². The van der Waals surface area contributed by atoms with Crippen molar-refractivity contribution in [3.8, 4) is 5.75 Å². The van der Waals surface area contributed by atoms with Gasteiger partial charge in [0.1, 0.15) is 5.75 Å². The van der Waals surface area contributed by atoms with Crippen LogP contribution in [-0.2, 0) is 17.6 Å². The van der Waals surface area contributed by atoms with E-state index in [0.29, 0.717) is 4.70 Å². The van der Waals surface area contributed by atoms with Crippen LogP contribution in [0.3, 0.4) is 0 Å². The summed E-state index contributed by atoms with van der Waals surface area (Å²) in [5.41, 5.74) is 3.19. The number of hydrogen-bond acceptors (Lipinski definition) is 5. The molecule has 0 spiro atoms. The van der Waals surface area contributed by atoms with Crippen molar-refractivity contribution in [2.24, 2.45) is 0 Å². The number of unbranched alkanes of at least 4 members (excludes halogenated alkanes) is 3. The third-order valence-electron chi connectivity index (χ3n) is 6.00. The Morgan fingerprint density at radius 3 is 2.64 bits per heavy atom. The molecule has 3 aromatic carbocycles. The molecule has 0 atom stereocenters. The van der Waals surface area contributed by atoms with Crippen LogP contribution in [0.5, 0.6) is 5.75 Å². The van der Waals surface area contributed by atoms with Gasteiger partial charge in [0.2, 0.25) is 0 Å². The van der Waals surface area contributed by atoms with Crippen molar-refractivity contribution in [2.45, 2.75) is 38.5 Å². The first-order valence-corrected chi connectivity index (χ1v) is 12.6. The minimum atomic E-state index is -0.127. The quantitative estimate of drug-likeness (QED) is 0.232. The first-order chi connectivity index (χ1) is 16.2. The van der Waals surface area contributed by atoms with Gasteiger partial charge in [0.05, 0.1) is 16.8 Å². The van der Waals surface area contributed by atoms with Gasteiger partial charge < -0.3 is 20.1 Å². The molecule has 0 bridgehead atoms. The standard InChI is InChI=1S/C27H32N2O3S/c30-24-13-12-22(25-26(24)33-27(31)29-25)14-17-28-16-5-1-2-6-18-32-19-15-21-10-7-9-20-8-3-4-11-23(20)21/h3-4,7-13,28,30H,1-2,5-6,14-19H2,(H,29,31). The smallest absolute Gasteiger partial charge is 0.305 e. The predicted octanol–water partition coefficient (Wildman–Crippen LogP) is 5.40. The third kappa shape index (κ3) is 6.44. The zero-order valence-corrected chi connectivity index (χ0v) is 19.8. The molecule has 1 heterocycles. The van der Waals surface area contributed by atoms with Crippen LogP contribution in [0.2, 0.25) is 0 Å². The van der Waals surface area contributed by atoms with Crippen molar-refractivity contribution < 1.29 is 9.84 Å². The molecule has 0 fully saturated rings. The number of H-pyrrole nitrogens is 1. The fourth-order valence-electron chi connectivity index (χ4n) is 4.23. The number of phenolic OH excluding ortho intramolecular Hbond substituents is 1. The van der Waals surface area contributed by atoms with Crippen molar-refractivity contribution in [3.63, 3.8) is 0 Å². The third-order valence-corrected chi connectivity index (χ3v) is 6.91. The van der Waals surface area contributed by atoms with Crippen LogP contribution in [0.25, 0.3) is 21.0 Å². The van der Waals surface area contributed by atoms with Gasteiger partial charge in [-0.3, -0.25) is 4.79 Å². The Hall–Kier alpha value is -2.67. The maximum atomic E-state index is 11.6. The van der Waals surface area contributed by atoms with Gasteiger partial charge in [-0.2, -0.15) is 0 Å². The van der Waals surface area contributed by atoms with Crippen LogP contribution in [0.4, 0.5) is 0 Å². The highest BCUT2D eigenvalue weighted by molar-refractivity contribution is 7.16. The average molecular weight is 465 g/mol. The zero-order chi connectivity index (χ0) is 22.9. The van der Waals surface area contributed by atoms with E-state index in [4.69, 9.17) is 4.74 Å². The Bertz CT molecular complexity index is 1230. The van der Waals surface area contributed by atoms with Crippen LogP contribution in [0.15, 0.2) is 59.4 Å². The zero-order valence-electron chi connectivity index (χ0n) is 18.9. The number of benzene rings is 3. The summed E-state index contributed by atoms with van der Waals surface area (Å²) in [5, 5.41) is 16.0. The summed E-state index contributed by atoms with van der Waals surface area (Å²) in [5.74, 6) is 0.169. The molecule has 0 saturated carbocycles. The molecular weight excluding hydrogens is 432 g/mol. The summed E-state index contributed by atoms with van der Waals surface area (Å²) in [6.45, 7) is 3.45. The van der Waals surface area contributed by atoms with E-state index in [1.807, 2.05) is 6.07 Å². The predicted molar refractivity (Wildman–Crippen MR) is 138 cm³/mol. The fourth-order valence-corrected chi connectivity index (χ4v) is 5.03. The second-order valence-electron chi connectivity index (χ2n) is 8.38. The molecule has 0 aliphatic heterocycles. The molecule has 0 aliphatic carbocycles. The minimum Gasteiger partial charge on any atom is -0.506 e. The first-order valence-electron chi connectivity index (χ1n) is 11.8. The number of aromatic nitrogens is 1. The second kappa shape index (κ2) is 12.0. The molecular formula is C27H32N2O3S. The molecule has 4 rings (SSSR count). The lowest BCUT2D eigenvalue weighted by atomic mass is 10.0. The Labute approximate surface area is 198 Å². The second-order valence-corrected chi connectivity index (χ2v) is 9.36. The molecule has 5 nitrogen and oxygen atoms in total. The number of aromatic amines is 1. The highest BCUT2D eigenvalue weighted by Gasteiger charge is 2.09. The molecule has 0 amide bonds. The summed E-state index contributed by atoms with van der Waals surface area (Å²) < 4.78 is 6.52. The Kier molecular flexibility index (Phi) is 8.53. The van der Waals surface area contributed by atoms with E-state index in [-0.39, 0.29) is 10.6 Å². The average Bonchev–Trinajstić information content (AvgIpc) is 3.23. The molecule has 1 aromatic heterocycles. The van der Waals surface area contributed by atoms with Crippen LogP contribution in [-0.4, -0.2) is 36.4 Å². The minimum absolute atomic E-state index is 0.127. The molecule has 6 heteroatoms. The maximum absolute atomic E-state index is 11.6. The Morgan fingerprint density at radius 1 is 0.848 bits per heavy atom. The lowest BCUT2D eigenvalue weighted by Crippen LogP contribution is -2.18. The van der Waals surface area contributed by atoms with Gasteiger partial charge >= 0.3 is 4.87 Å². The molecule has 33 heavy (non-hydrogen) atoms. The number of rotatable bonds is 13.